The summed E-state index contributed by atoms with van der Waals surface area (Å²) in [4.78, 5) is 17.5. The molecule has 1 aliphatic heterocycles. The van der Waals surface area contributed by atoms with Crippen molar-refractivity contribution in [3.05, 3.63) is 52.8 Å². The standard InChI is InChI=1S/C16H13N3O3/c1-10-15(20)13-9-22-16(21)19(14(13)7-18-10)8-12-4-2-11(6-17)3-5-12/h2-5,7,20H,8-9H2,1H3. The van der Waals surface area contributed by atoms with Crippen LogP contribution in [0.2, 0.25) is 0 Å². The highest BCUT2D eigenvalue weighted by atomic mass is 16.6. The van der Waals surface area contributed by atoms with E-state index in [0.29, 0.717) is 22.5 Å². The molecule has 1 amide bonds. The molecule has 2 heterocycles. The van der Waals surface area contributed by atoms with E-state index >= 15 is 0 Å². The van der Waals surface area contributed by atoms with Crippen LogP contribution in [0.15, 0.2) is 30.5 Å². The molecule has 0 radical (unpaired) electrons. The summed E-state index contributed by atoms with van der Waals surface area (Å²) >= 11 is 0. The number of benzene rings is 1. The molecular formula is C16H13N3O3. The molecule has 0 saturated heterocycles. The SMILES string of the molecule is Cc1ncc2c(c1O)COC(=O)N2Cc1ccc(C#N)cc1. The quantitative estimate of drug-likeness (QED) is 0.920. The fourth-order valence-electron chi connectivity index (χ4n) is 2.34. The Morgan fingerprint density at radius 3 is 2.82 bits per heavy atom. The van der Waals surface area contributed by atoms with Crippen molar-refractivity contribution in [1.29, 1.82) is 5.26 Å². The Labute approximate surface area is 127 Å². The first-order valence-corrected chi connectivity index (χ1v) is 6.71. The molecule has 22 heavy (non-hydrogen) atoms. The first-order chi connectivity index (χ1) is 10.6. The normalized spacial score (nSPS) is 13.3. The van der Waals surface area contributed by atoms with E-state index in [1.807, 2.05) is 6.07 Å². The number of nitrogens with zero attached hydrogens (tertiary/aromatic N) is 3. The Balaban J connectivity index is 1.95. The number of fused-ring (bicyclic) bond motifs is 1. The van der Waals surface area contributed by atoms with Crippen LogP contribution in [0.3, 0.4) is 0 Å². The van der Waals surface area contributed by atoms with Gasteiger partial charge >= 0.3 is 6.09 Å². The molecule has 110 valence electrons. The lowest BCUT2D eigenvalue weighted by Crippen LogP contribution is -2.35. The second-order valence-electron chi connectivity index (χ2n) is 5.01. The first kappa shape index (κ1) is 13.9. The van der Waals surface area contributed by atoms with Gasteiger partial charge in [-0.2, -0.15) is 5.26 Å². The smallest absolute Gasteiger partial charge is 0.414 e. The summed E-state index contributed by atoms with van der Waals surface area (Å²) in [6.45, 7) is 2.01. The number of aromatic hydroxyl groups is 1. The predicted octanol–water partition coefficient (Wildman–Crippen LogP) is 2.62. The zero-order chi connectivity index (χ0) is 15.7. The summed E-state index contributed by atoms with van der Waals surface area (Å²) in [7, 11) is 0. The van der Waals surface area contributed by atoms with Crippen molar-refractivity contribution >= 4 is 11.8 Å². The van der Waals surface area contributed by atoms with Gasteiger partial charge in [0.1, 0.15) is 12.4 Å². The van der Waals surface area contributed by atoms with E-state index < -0.39 is 6.09 Å². The van der Waals surface area contributed by atoms with Crippen molar-refractivity contribution in [2.75, 3.05) is 4.90 Å². The Hall–Kier alpha value is -3.07. The first-order valence-electron chi connectivity index (χ1n) is 6.71. The minimum absolute atomic E-state index is 0.0350. The number of nitriles is 1. The topological polar surface area (TPSA) is 86.5 Å². The van der Waals surface area contributed by atoms with E-state index in [4.69, 9.17) is 10.00 Å². The lowest BCUT2D eigenvalue weighted by atomic mass is 10.1. The second-order valence-corrected chi connectivity index (χ2v) is 5.01. The molecule has 1 aliphatic rings. The number of hydrogen-bond donors (Lipinski definition) is 1. The fraction of sp³-hybridized carbons (Fsp3) is 0.188. The predicted molar refractivity (Wildman–Crippen MR) is 78.2 cm³/mol. The van der Waals surface area contributed by atoms with Crippen LogP contribution in [0, 0.1) is 18.3 Å². The number of ether oxygens (including phenoxy) is 1. The van der Waals surface area contributed by atoms with Crippen LogP contribution >= 0.6 is 0 Å². The number of anilines is 1. The van der Waals surface area contributed by atoms with Crippen molar-refractivity contribution in [1.82, 2.24) is 4.98 Å². The lowest BCUT2D eigenvalue weighted by Gasteiger charge is -2.29. The number of rotatable bonds is 2. The maximum Gasteiger partial charge on any atom is 0.414 e. The van der Waals surface area contributed by atoms with E-state index in [0.717, 1.165) is 5.56 Å². The third-order valence-electron chi connectivity index (χ3n) is 3.59. The van der Waals surface area contributed by atoms with Gasteiger partial charge in [-0.25, -0.2) is 4.79 Å². The average molecular weight is 295 g/mol. The molecule has 6 nitrogen and oxygen atoms in total. The maximum atomic E-state index is 12.0. The van der Waals surface area contributed by atoms with Crippen molar-refractivity contribution in [3.63, 3.8) is 0 Å². The number of aryl methyl sites for hydroxylation is 1. The Bertz CT molecular complexity index is 778. The van der Waals surface area contributed by atoms with E-state index in [1.165, 1.54) is 4.90 Å². The van der Waals surface area contributed by atoms with Crippen molar-refractivity contribution in [2.45, 2.75) is 20.1 Å². The molecular weight excluding hydrogens is 282 g/mol. The molecule has 0 atom stereocenters. The van der Waals surface area contributed by atoms with Crippen LogP contribution in [0.4, 0.5) is 10.5 Å². The maximum absolute atomic E-state index is 12.0. The summed E-state index contributed by atoms with van der Waals surface area (Å²) < 4.78 is 5.12. The van der Waals surface area contributed by atoms with Crippen molar-refractivity contribution in [2.24, 2.45) is 0 Å². The van der Waals surface area contributed by atoms with Gasteiger partial charge in [0, 0.05) is 0 Å². The highest BCUT2D eigenvalue weighted by Crippen LogP contribution is 2.35. The number of hydrogen-bond acceptors (Lipinski definition) is 5. The van der Waals surface area contributed by atoms with Crippen molar-refractivity contribution < 1.29 is 14.6 Å². The van der Waals surface area contributed by atoms with Crippen LogP contribution < -0.4 is 4.90 Å². The Morgan fingerprint density at radius 2 is 2.14 bits per heavy atom. The van der Waals surface area contributed by atoms with Gasteiger partial charge in [-0.05, 0) is 24.6 Å². The summed E-state index contributed by atoms with van der Waals surface area (Å²) in [6, 6.07) is 8.99. The third kappa shape index (κ3) is 2.33. The van der Waals surface area contributed by atoms with Gasteiger partial charge in [-0.3, -0.25) is 9.88 Å². The number of cyclic esters (lactones) is 1. The summed E-state index contributed by atoms with van der Waals surface area (Å²) in [5.41, 5.74) is 3.00. The molecule has 2 aromatic rings. The Morgan fingerprint density at radius 1 is 1.41 bits per heavy atom. The lowest BCUT2D eigenvalue weighted by molar-refractivity contribution is 0.140. The van der Waals surface area contributed by atoms with Gasteiger partial charge in [-0.15, -0.1) is 0 Å². The summed E-state index contributed by atoms with van der Waals surface area (Å²) in [5, 5.41) is 18.9. The molecule has 0 fully saturated rings. The average Bonchev–Trinajstić information content (AvgIpc) is 2.54. The molecule has 0 saturated carbocycles. The molecule has 0 bridgehead atoms. The van der Waals surface area contributed by atoms with Gasteiger partial charge in [0.15, 0.2) is 0 Å². The number of carbonyl (C=O) groups is 1. The number of carbonyl (C=O) groups excluding carboxylic acids is 1. The summed E-state index contributed by atoms with van der Waals surface area (Å²) in [5.74, 6) is 0.0508. The molecule has 0 unspecified atom stereocenters. The number of pyridine rings is 1. The van der Waals surface area contributed by atoms with E-state index in [1.54, 1.807) is 37.4 Å². The number of amides is 1. The molecule has 1 aromatic carbocycles. The largest absolute Gasteiger partial charge is 0.506 e. The van der Waals surface area contributed by atoms with E-state index in [-0.39, 0.29) is 18.9 Å². The van der Waals surface area contributed by atoms with Crippen LogP contribution in [-0.2, 0) is 17.9 Å². The van der Waals surface area contributed by atoms with Gasteiger partial charge in [0.2, 0.25) is 0 Å². The highest BCUT2D eigenvalue weighted by Gasteiger charge is 2.29. The summed E-state index contributed by atoms with van der Waals surface area (Å²) in [6.07, 6.45) is 1.08. The van der Waals surface area contributed by atoms with Gasteiger partial charge in [0.05, 0.1) is 41.3 Å². The molecule has 6 heteroatoms. The monoisotopic (exact) mass is 295 g/mol. The van der Waals surface area contributed by atoms with Crippen LogP contribution in [0.1, 0.15) is 22.4 Å². The molecule has 3 rings (SSSR count). The zero-order valence-electron chi connectivity index (χ0n) is 11.9. The van der Waals surface area contributed by atoms with E-state index in [2.05, 4.69) is 4.98 Å². The minimum Gasteiger partial charge on any atom is -0.506 e. The zero-order valence-corrected chi connectivity index (χ0v) is 11.9. The van der Waals surface area contributed by atoms with E-state index in [9.17, 15) is 9.90 Å². The molecule has 0 aliphatic carbocycles. The second kappa shape index (κ2) is 5.37. The van der Waals surface area contributed by atoms with Gasteiger partial charge in [-0.1, -0.05) is 12.1 Å². The minimum atomic E-state index is -0.484. The van der Waals surface area contributed by atoms with Gasteiger partial charge < -0.3 is 9.84 Å². The molecule has 1 aromatic heterocycles. The third-order valence-corrected chi connectivity index (χ3v) is 3.59. The van der Waals surface area contributed by atoms with Crippen molar-refractivity contribution in [3.8, 4) is 11.8 Å². The van der Waals surface area contributed by atoms with Crippen LogP contribution in [-0.4, -0.2) is 16.2 Å². The van der Waals surface area contributed by atoms with Crippen LogP contribution in [0.25, 0.3) is 0 Å². The molecule has 1 N–H and O–H groups in total. The van der Waals surface area contributed by atoms with Gasteiger partial charge in [0.25, 0.3) is 0 Å². The molecule has 0 spiro atoms. The number of aromatic nitrogens is 1. The highest BCUT2D eigenvalue weighted by molar-refractivity contribution is 5.90. The van der Waals surface area contributed by atoms with Crippen LogP contribution in [0.5, 0.6) is 5.75 Å². The Kier molecular flexibility index (Phi) is 3.39. The fourth-order valence-corrected chi connectivity index (χ4v) is 2.34.